The van der Waals surface area contributed by atoms with E-state index in [1.54, 1.807) is 24.1 Å². The maximum atomic E-state index is 13.0. The molecule has 33 heavy (non-hydrogen) atoms. The lowest BCUT2D eigenvalue weighted by Gasteiger charge is -2.22. The normalized spacial score (nSPS) is 10.5. The lowest BCUT2D eigenvalue weighted by atomic mass is 10.1. The number of hydrogen-bond acceptors (Lipinski definition) is 8. The first-order valence-electron chi connectivity index (χ1n) is 10.3. The monoisotopic (exact) mass is 466 g/mol. The van der Waals surface area contributed by atoms with Gasteiger partial charge in [0.1, 0.15) is 18.1 Å². The second kappa shape index (κ2) is 11.2. The number of nitrogens with two attached hydrogens (primary N) is 1. The number of aryl methyl sites for hydroxylation is 2. The Hall–Kier alpha value is -3.71. The van der Waals surface area contributed by atoms with Gasteiger partial charge in [0.05, 0.1) is 25.4 Å². The van der Waals surface area contributed by atoms with E-state index < -0.39 is 0 Å². The summed E-state index contributed by atoms with van der Waals surface area (Å²) in [6.07, 6.45) is 0.238. The van der Waals surface area contributed by atoms with Crippen molar-refractivity contribution in [1.29, 1.82) is 5.26 Å². The fourth-order valence-corrected chi connectivity index (χ4v) is 3.75. The molecule has 2 N–H and O–H groups in total. The molecule has 1 amide bonds. The molecule has 1 aromatic heterocycles. The summed E-state index contributed by atoms with van der Waals surface area (Å²) in [4.78, 5) is 14.6. The van der Waals surface area contributed by atoms with Crippen molar-refractivity contribution in [2.75, 3.05) is 30.1 Å². The van der Waals surface area contributed by atoms with Gasteiger partial charge in [0.15, 0.2) is 5.82 Å². The van der Waals surface area contributed by atoms with Crippen LogP contribution in [0.3, 0.4) is 0 Å². The molecule has 0 atom stereocenters. The number of nitriles is 1. The highest BCUT2D eigenvalue weighted by atomic mass is 32.2. The van der Waals surface area contributed by atoms with Gasteiger partial charge in [-0.1, -0.05) is 23.9 Å². The summed E-state index contributed by atoms with van der Waals surface area (Å²) in [6, 6.07) is 15.1. The number of anilines is 1. The van der Waals surface area contributed by atoms with Gasteiger partial charge < -0.3 is 20.2 Å². The first-order valence-corrected chi connectivity index (χ1v) is 11.2. The number of rotatable bonds is 10. The predicted molar refractivity (Wildman–Crippen MR) is 127 cm³/mol. The van der Waals surface area contributed by atoms with Gasteiger partial charge in [0.2, 0.25) is 11.1 Å². The molecule has 0 saturated carbocycles. The number of aromatic nitrogens is 3. The van der Waals surface area contributed by atoms with E-state index in [1.165, 1.54) is 16.4 Å². The molecule has 0 saturated heterocycles. The molecule has 0 bridgehead atoms. The number of hydrogen-bond donors (Lipinski definition) is 1. The van der Waals surface area contributed by atoms with Crippen molar-refractivity contribution in [3.63, 3.8) is 0 Å². The number of benzene rings is 2. The van der Waals surface area contributed by atoms with E-state index in [4.69, 9.17) is 20.6 Å². The van der Waals surface area contributed by atoms with Crippen LogP contribution < -0.4 is 20.2 Å². The van der Waals surface area contributed by atoms with Gasteiger partial charge in [0.25, 0.3) is 0 Å². The molecule has 1 heterocycles. The Kier molecular flexibility index (Phi) is 8.16. The van der Waals surface area contributed by atoms with Crippen LogP contribution >= 0.6 is 11.8 Å². The molecule has 0 aliphatic carbocycles. The third kappa shape index (κ3) is 6.17. The van der Waals surface area contributed by atoms with Crippen LogP contribution in [0.4, 0.5) is 5.69 Å². The maximum Gasteiger partial charge on any atom is 0.237 e. The van der Waals surface area contributed by atoms with E-state index in [-0.39, 0.29) is 24.7 Å². The summed E-state index contributed by atoms with van der Waals surface area (Å²) in [7, 11) is 1.59. The first-order chi connectivity index (χ1) is 15.9. The second-order valence-corrected chi connectivity index (χ2v) is 8.19. The van der Waals surface area contributed by atoms with Crippen LogP contribution in [0, 0.1) is 25.2 Å². The zero-order valence-corrected chi connectivity index (χ0v) is 19.6. The Labute approximate surface area is 197 Å². The maximum absolute atomic E-state index is 13.0. The summed E-state index contributed by atoms with van der Waals surface area (Å²) in [6.45, 7) is 4.43. The molecule has 3 rings (SSSR count). The van der Waals surface area contributed by atoms with Gasteiger partial charge in [0, 0.05) is 18.3 Å². The number of amides is 1. The number of nitrogen functional groups attached to an aromatic ring is 1. The molecular weight excluding hydrogens is 440 g/mol. The number of carbonyl (C=O) groups excluding carboxylic acids is 1. The summed E-state index contributed by atoms with van der Waals surface area (Å²) >= 11 is 1.18. The van der Waals surface area contributed by atoms with Gasteiger partial charge >= 0.3 is 0 Å². The third-order valence-corrected chi connectivity index (χ3v) is 5.95. The Morgan fingerprint density at radius 3 is 2.70 bits per heavy atom. The van der Waals surface area contributed by atoms with Crippen molar-refractivity contribution >= 4 is 23.4 Å². The zero-order valence-electron chi connectivity index (χ0n) is 18.8. The molecule has 3 aromatic rings. The minimum atomic E-state index is -0.143. The van der Waals surface area contributed by atoms with E-state index in [2.05, 4.69) is 16.3 Å². The van der Waals surface area contributed by atoms with Crippen LogP contribution in [0.25, 0.3) is 0 Å². The van der Waals surface area contributed by atoms with Crippen LogP contribution in [-0.2, 0) is 11.4 Å². The number of carbonyl (C=O) groups is 1. The van der Waals surface area contributed by atoms with E-state index in [9.17, 15) is 4.79 Å². The number of ether oxygens (including phenoxy) is 2. The third-order valence-electron chi connectivity index (χ3n) is 5.02. The highest BCUT2D eigenvalue weighted by molar-refractivity contribution is 7.99. The van der Waals surface area contributed by atoms with Crippen molar-refractivity contribution in [2.45, 2.75) is 32.0 Å². The van der Waals surface area contributed by atoms with Crippen molar-refractivity contribution in [2.24, 2.45) is 0 Å². The van der Waals surface area contributed by atoms with Crippen LogP contribution in [0.5, 0.6) is 11.5 Å². The first kappa shape index (κ1) is 23.9. The lowest BCUT2D eigenvalue weighted by molar-refractivity contribution is -0.116. The Bertz CT molecular complexity index is 1160. The van der Waals surface area contributed by atoms with Crippen molar-refractivity contribution in [3.05, 3.63) is 59.4 Å². The van der Waals surface area contributed by atoms with E-state index in [1.807, 2.05) is 44.2 Å². The minimum absolute atomic E-state index is 0.102. The van der Waals surface area contributed by atoms with Gasteiger partial charge in [-0.3, -0.25) is 4.79 Å². The van der Waals surface area contributed by atoms with E-state index >= 15 is 0 Å². The SMILES string of the molecule is COc1cccc(OCc2nnc(SCC(=O)N(CCC#N)c3ccc(C)c(C)c3)n2N)c1. The Morgan fingerprint density at radius 1 is 1.18 bits per heavy atom. The van der Waals surface area contributed by atoms with Gasteiger partial charge in [-0.15, -0.1) is 10.2 Å². The highest BCUT2D eigenvalue weighted by Crippen LogP contribution is 2.23. The molecular formula is C23H26N6O3S. The molecule has 0 aliphatic heterocycles. The molecule has 2 aromatic carbocycles. The number of thioether (sulfide) groups is 1. The van der Waals surface area contributed by atoms with Crippen LogP contribution in [0.15, 0.2) is 47.6 Å². The Balaban J connectivity index is 1.64. The zero-order chi connectivity index (χ0) is 23.8. The molecule has 0 radical (unpaired) electrons. The topological polar surface area (TPSA) is 119 Å². The molecule has 0 unspecified atom stereocenters. The van der Waals surface area contributed by atoms with Gasteiger partial charge in [-0.25, -0.2) is 4.68 Å². The summed E-state index contributed by atoms with van der Waals surface area (Å²) in [5.41, 5.74) is 2.98. The van der Waals surface area contributed by atoms with Crippen molar-refractivity contribution in [1.82, 2.24) is 14.9 Å². The summed E-state index contributed by atoms with van der Waals surface area (Å²) in [5.74, 6) is 7.79. The standard InChI is InChI=1S/C23H26N6O3S/c1-16-8-9-18(12-17(16)2)28(11-5-10-24)22(30)15-33-23-27-26-21(29(23)25)14-32-20-7-4-6-19(13-20)31-3/h4,6-9,12-13H,5,11,14-15,25H2,1-3H3. The second-order valence-electron chi connectivity index (χ2n) is 7.25. The quantitative estimate of drug-likeness (QED) is 0.357. The largest absolute Gasteiger partial charge is 0.497 e. The smallest absolute Gasteiger partial charge is 0.237 e. The molecule has 10 heteroatoms. The van der Waals surface area contributed by atoms with Crippen LogP contribution in [0.1, 0.15) is 23.4 Å². The summed E-state index contributed by atoms with van der Waals surface area (Å²) in [5, 5.41) is 17.5. The molecule has 0 spiro atoms. The molecule has 0 aliphatic rings. The predicted octanol–water partition coefficient (Wildman–Crippen LogP) is 3.24. The molecule has 172 valence electrons. The van der Waals surface area contributed by atoms with Crippen LogP contribution in [-0.4, -0.2) is 40.2 Å². The number of methoxy groups -OCH3 is 1. The number of nitrogens with zero attached hydrogens (tertiary/aromatic N) is 5. The highest BCUT2D eigenvalue weighted by Gasteiger charge is 2.19. The molecule has 9 nitrogen and oxygen atoms in total. The lowest BCUT2D eigenvalue weighted by Crippen LogP contribution is -2.33. The molecule has 0 fully saturated rings. The van der Waals surface area contributed by atoms with Crippen molar-refractivity contribution < 1.29 is 14.3 Å². The average molecular weight is 467 g/mol. The minimum Gasteiger partial charge on any atom is -0.497 e. The average Bonchev–Trinajstić information content (AvgIpc) is 3.18. The fraction of sp³-hybridized carbons (Fsp3) is 0.304. The van der Waals surface area contributed by atoms with Gasteiger partial charge in [-0.2, -0.15) is 5.26 Å². The van der Waals surface area contributed by atoms with Crippen molar-refractivity contribution in [3.8, 4) is 17.6 Å². The van der Waals surface area contributed by atoms with Crippen LogP contribution in [0.2, 0.25) is 0 Å². The van der Waals surface area contributed by atoms with Gasteiger partial charge in [-0.05, 0) is 49.2 Å². The Morgan fingerprint density at radius 2 is 1.97 bits per heavy atom. The van der Waals surface area contributed by atoms with E-state index in [0.717, 1.165) is 16.8 Å². The summed E-state index contributed by atoms with van der Waals surface area (Å²) < 4.78 is 12.2. The fourth-order valence-electron chi connectivity index (χ4n) is 3.00. The van der Waals surface area contributed by atoms with E-state index in [0.29, 0.717) is 29.0 Å².